The van der Waals surface area contributed by atoms with Crippen molar-refractivity contribution in [2.45, 2.75) is 84.7 Å². The molecule has 3 unspecified atom stereocenters. The van der Waals surface area contributed by atoms with Gasteiger partial charge in [0.2, 0.25) is 11.8 Å². The summed E-state index contributed by atoms with van der Waals surface area (Å²) >= 11 is 0. The van der Waals surface area contributed by atoms with Crippen molar-refractivity contribution in [3.8, 4) is 5.75 Å². The minimum Gasteiger partial charge on any atom is -0.495 e. The number of rotatable bonds is 12. The second kappa shape index (κ2) is 14.6. The van der Waals surface area contributed by atoms with Crippen LogP contribution < -0.4 is 15.4 Å². The van der Waals surface area contributed by atoms with Crippen LogP contribution in [0.25, 0.3) is 0 Å². The predicted molar refractivity (Wildman–Crippen MR) is 140 cm³/mol. The highest BCUT2D eigenvalue weighted by atomic mass is 16.5. The second-order valence-corrected chi connectivity index (χ2v) is 9.55. The van der Waals surface area contributed by atoms with Gasteiger partial charge in [-0.2, -0.15) is 0 Å². The fourth-order valence-electron chi connectivity index (χ4n) is 4.48. The summed E-state index contributed by atoms with van der Waals surface area (Å²) in [6.45, 7) is 9.63. The number of piperazine rings is 1. The molecule has 8 nitrogen and oxygen atoms in total. The van der Waals surface area contributed by atoms with Crippen LogP contribution in [0.3, 0.4) is 0 Å². The Labute approximate surface area is 210 Å². The molecule has 1 aliphatic rings. The molecule has 1 aromatic carbocycles. The van der Waals surface area contributed by atoms with Gasteiger partial charge in [0.05, 0.1) is 12.8 Å². The number of methoxy groups -OCH3 is 1. The number of amides is 4. The Balaban J connectivity index is 1.95. The molecule has 3 atom stereocenters. The van der Waals surface area contributed by atoms with E-state index in [2.05, 4.69) is 17.6 Å². The number of urea groups is 1. The number of hydrogen-bond donors (Lipinski definition) is 2. The second-order valence-electron chi connectivity index (χ2n) is 9.55. The minimum atomic E-state index is -0.650. The van der Waals surface area contributed by atoms with Crippen molar-refractivity contribution in [3.05, 3.63) is 24.3 Å². The van der Waals surface area contributed by atoms with Crippen molar-refractivity contribution in [1.29, 1.82) is 0 Å². The number of ether oxygens (including phenoxy) is 1. The van der Waals surface area contributed by atoms with E-state index in [4.69, 9.17) is 4.74 Å². The lowest BCUT2D eigenvalue weighted by Gasteiger charge is -2.41. The summed E-state index contributed by atoms with van der Waals surface area (Å²) in [6.07, 6.45) is 6.91. The maximum Gasteiger partial charge on any atom is 0.320 e. The summed E-state index contributed by atoms with van der Waals surface area (Å²) < 4.78 is 5.30. The van der Waals surface area contributed by atoms with Gasteiger partial charge < -0.3 is 25.2 Å². The summed E-state index contributed by atoms with van der Waals surface area (Å²) in [5.41, 5.74) is 0.540. The van der Waals surface area contributed by atoms with Crippen molar-refractivity contribution in [2.24, 2.45) is 5.92 Å². The number of carbonyl (C=O) groups is 3. The lowest BCUT2D eigenvalue weighted by atomic mass is 9.97. The van der Waals surface area contributed by atoms with Gasteiger partial charge in [0.25, 0.3) is 0 Å². The van der Waals surface area contributed by atoms with Crippen LogP contribution in [0.15, 0.2) is 24.3 Å². The van der Waals surface area contributed by atoms with Crippen LogP contribution in [0.2, 0.25) is 0 Å². The molecule has 8 heteroatoms. The smallest absolute Gasteiger partial charge is 0.320 e. The minimum absolute atomic E-state index is 0.0380. The Bertz CT molecular complexity index is 831. The molecule has 196 valence electrons. The summed E-state index contributed by atoms with van der Waals surface area (Å²) in [7, 11) is 1.54. The average Bonchev–Trinajstić information content (AvgIpc) is 2.86. The Morgan fingerprint density at radius 2 is 1.80 bits per heavy atom. The first-order valence-electron chi connectivity index (χ1n) is 13.1. The third-order valence-electron chi connectivity index (χ3n) is 6.87. The maximum atomic E-state index is 13.5. The van der Waals surface area contributed by atoms with E-state index < -0.39 is 12.1 Å². The van der Waals surface area contributed by atoms with E-state index in [9.17, 15) is 14.4 Å². The summed E-state index contributed by atoms with van der Waals surface area (Å²) in [4.78, 5) is 42.6. The molecule has 1 fully saturated rings. The molecule has 1 aliphatic heterocycles. The zero-order valence-electron chi connectivity index (χ0n) is 22.1. The molecule has 0 aliphatic carbocycles. The molecular formula is C27H44N4O4. The van der Waals surface area contributed by atoms with Crippen molar-refractivity contribution < 1.29 is 19.1 Å². The first-order valence-corrected chi connectivity index (χ1v) is 13.1. The third-order valence-corrected chi connectivity index (χ3v) is 6.87. The number of benzene rings is 1. The fourth-order valence-corrected chi connectivity index (χ4v) is 4.48. The number of carbonyl (C=O) groups excluding carboxylic acids is 3. The third kappa shape index (κ3) is 8.44. The maximum absolute atomic E-state index is 13.5. The van der Waals surface area contributed by atoms with E-state index >= 15 is 0 Å². The summed E-state index contributed by atoms with van der Waals surface area (Å²) in [6, 6.07) is 6.01. The summed E-state index contributed by atoms with van der Waals surface area (Å²) in [5.74, 6) is 0.583. The van der Waals surface area contributed by atoms with E-state index in [1.54, 1.807) is 24.1 Å². The molecule has 1 aromatic rings. The van der Waals surface area contributed by atoms with Gasteiger partial charge in [-0.05, 0) is 31.4 Å². The standard InChI is InChI=1S/C27H44N4O4/c1-6-8-9-10-11-16-24(32)31-18-17-30(19-21(31)4)26(33)25(20(3)7-2)29-27(34)28-22-14-12-13-15-23(22)35-5/h12-15,20-21,25H,6-11,16-19H2,1-5H3,(H2,28,29,34). The zero-order chi connectivity index (χ0) is 25.8. The topological polar surface area (TPSA) is 91.0 Å². The van der Waals surface area contributed by atoms with Crippen LogP contribution in [0.5, 0.6) is 5.75 Å². The van der Waals surface area contributed by atoms with Gasteiger partial charge in [0, 0.05) is 32.1 Å². The van der Waals surface area contributed by atoms with E-state index in [1.165, 1.54) is 19.3 Å². The average molecular weight is 489 g/mol. The fraction of sp³-hybridized carbons (Fsp3) is 0.667. The van der Waals surface area contributed by atoms with Gasteiger partial charge in [-0.3, -0.25) is 9.59 Å². The molecule has 2 rings (SSSR count). The van der Waals surface area contributed by atoms with Crippen molar-refractivity contribution in [1.82, 2.24) is 15.1 Å². The number of nitrogens with zero attached hydrogens (tertiary/aromatic N) is 2. The first kappa shape index (κ1) is 28.5. The first-order chi connectivity index (χ1) is 16.8. The number of para-hydroxylation sites is 2. The normalized spacial score (nSPS) is 17.5. The van der Waals surface area contributed by atoms with E-state index in [-0.39, 0.29) is 23.8 Å². The van der Waals surface area contributed by atoms with Crippen LogP contribution in [-0.2, 0) is 9.59 Å². The highest BCUT2D eigenvalue weighted by Crippen LogP contribution is 2.23. The zero-order valence-corrected chi connectivity index (χ0v) is 22.1. The Kier molecular flexibility index (Phi) is 11.9. The molecular weight excluding hydrogens is 444 g/mol. The van der Waals surface area contributed by atoms with E-state index in [0.29, 0.717) is 37.5 Å². The van der Waals surface area contributed by atoms with Gasteiger partial charge in [0.1, 0.15) is 11.8 Å². The molecule has 2 N–H and O–H groups in total. The van der Waals surface area contributed by atoms with Crippen molar-refractivity contribution in [3.63, 3.8) is 0 Å². The predicted octanol–water partition coefficient (Wildman–Crippen LogP) is 4.65. The number of anilines is 1. The van der Waals surface area contributed by atoms with Crippen LogP contribution >= 0.6 is 0 Å². The van der Waals surface area contributed by atoms with Crippen molar-refractivity contribution >= 4 is 23.5 Å². The van der Waals surface area contributed by atoms with Crippen LogP contribution in [0, 0.1) is 5.92 Å². The van der Waals surface area contributed by atoms with Gasteiger partial charge in [-0.15, -0.1) is 0 Å². The highest BCUT2D eigenvalue weighted by Gasteiger charge is 2.35. The number of hydrogen-bond acceptors (Lipinski definition) is 4. The quantitative estimate of drug-likeness (QED) is 0.419. The molecule has 1 heterocycles. The van der Waals surface area contributed by atoms with Gasteiger partial charge in [0.15, 0.2) is 0 Å². The molecule has 4 amide bonds. The van der Waals surface area contributed by atoms with Gasteiger partial charge in [-0.1, -0.05) is 65.0 Å². The molecule has 0 saturated carbocycles. The van der Waals surface area contributed by atoms with Crippen LogP contribution in [0.1, 0.15) is 72.6 Å². The largest absolute Gasteiger partial charge is 0.495 e. The van der Waals surface area contributed by atoms with E-state index in [1.807, 2.05) is 37.8 Å². The SMILES string of the molecule is CCCCCCCC(=O)N1CCN(C(=O)C(NC(=O)Nc2ccccc2OC)C(C)CC)CC1C. The highest BCUT2D eigenvalue weighted by molar-refractivity contribution is 5.95. The molecule has 0 radical (unpaired) electrons. The Hall–Kier alpha value is -2.77. The Morgan fingerprint density at radius 3 is 2.46 bits per heavy atom. The molecule has 0 aromatic heterocycles. The molecule has 0 spiro atoms. The molecule has 1 saturated heterocycles. The van der Waals surface area contributed by atoms with E-state index in [0.717, 1.165) is 19.3 Å². The molecule has 35 heavy (non-hydrogen) atoms. The van der Waals surface area contributed by atoms with Crippen LogP contribution in [-0.4, -0.2) is 66.5 Å². The van der Waals surface area contributed by atoms with Crippen molar-refractivity contribution in [2.75, 3.05) is 32.1 Å². The number of unbranched alkanes of at least 4 members (excludes halogenated alkanes) is 4. The number of nitrogens with one attached hydrogen (secondary N) is 2. The monoisotopic (exact) mass is 488 g/mol. The van der Waals surface area contributed by atoms with Crippen LogP contribution in [0.4, 0.5) is 10.5 Å². The van der Waals surface area contributed by atoms with Gasteiger partial charge >= 0.3 is 6.03 Å². The Morgan fingerprint density at radius 1 is 1.09 bits per heavy atom. The lowest BCUT2D eigenvalue weighted by molar-refractivity contribution is -0.144. The van der Waals surface area contributed by atoms with Gasteiger partial charge in [-0.25, -0.2) is 4.79 Å². The lowest BCUT2D eigenvalue weighted by Crippen LogP contribution is -2.60. The molecule has 0 bridgehead atoms. The summed E-state index contributed by atoms with van der Waals surface area (Å²) in [5, 5.41) is 5.67.